The van der Waals surface area contributed by atoms with E-state index in [9.17, 15) is 9.59 Å². The van der Waals surface area contributed by atoms with Gasteiger partial charge < -0.3 is 10.4 Å². The number of amides is 1. The Morgan fingerprint density at radius 2 is 2.07 bits per heavy atom. The predicted octanol–water partition coefficient (Wildman–Crippen LogP) is 1.63. The smallest absolute Gasteiger partial charge is 0.336 e. The van der Waals surface area contributed by atoms with Gasteiger partial charge in [-0.2, -0.15) is 0 Å². The number of carbonyl (C=O) groups excluding carboxylic acids is 1. The third-order valence-electron chi connectivity index (χ3n) is 1.55. The first kappa shape index (κ1) is 10.6. The normalized spacial score (nSPS) is 9.57. The molecule has 0 atom stereocenters. The van der Waals surface area contributed by atoms with Gasteiger partial charge in [-0.15, -0.1) is 12.6 Å². The number of anilines is 1. The van der Waals surface area contributed by atoms with E-state index in [2.05, 4.69) is 17.9 Å². The molecule has 0 fully saturated rings. The molecule has 5 heteroatoms. The maximum atomic E-state index is 10.7. The van der Waals surface area contributed by atoms with Crippen LogP contribution in [0.3, 0.4) is 0 Å². The summed E-state index contributed by atoms with van der Waals surface area (Å²) in [5, 5.41) is 11.3. The molecule has 0 aliphatic carbocycles. The lowest BCUT2D eigenvalue weighted by Gasteiger charge is -2.04. The molecule has 2 N–H and O–H groups in total. The number of hydrogen-bond acceptors (Lipinski definition) is 3. The molecule has 0 saturated heterocycles. The van der Waals surface area contributed by atoms with Gasteiger partial charge in [0.05, 0.1) is 5.56 Å². The van der Waals surface area contributed by atoms with E-state index in [0.29, 0.717) is 10.6 Å². The maximum absolute atomic E-state index is 10.7. The van der Waals surface area contributed by atoms with Gasteiger partial charge in [-0.25, -0.2) is 4.79 Å². The van der Waals surface area contributed by atoms with Crippen molar-refractivity contribution in [3.05, 3.63) is 23.8 Å². The highest BCUT2D eigenvalue weighted by molar-refractivity contribution is 7.80. The molecule has 0 aromatic heterocycles. The molecule has 0 spiro atoms. The maximum Gasteiger partial charge on any atom is 0.336 e. The van der Waals surface area contributed by atoms with Gasteiger partial charge in [-0.1, -0.05) is 0 Å². The van der Waals surface area contributed by atoms with Gasteiger partial charge in [0, 0.05) is 17.5 Å². The number of thiol groups is 1. The van der Waals surface area contributed by atoms with E-state index in [0.717, 1.165) is 0 Å². The lowest BCUT2D eigenvalue weighted by Crippen LogP contribution is -2.07. The average Bonchev–Trinajstić information content (AvgIpc) is 2.07. The summed E-state index contributed by atoms with van der Waals surface area (Å²) < 4.78 is 0. The first-order valence-corrected chi connectivity index (χ1v) is 4.29. The van der Waals surface area contributed by atoms with Crippen molar-refractivity contribution >= 4 is 30.2 Å². The molecule has 4 nitrogen and oxygen atoms in total. The van der Waals surface area contributed by atoms with Gasteiger partial charge in [0.1, 0.15) is 0 Å². The molecule has 14 heavy (non-hydrogen) atoms. The number of benzene rings is 1. The van der Waals surface area contributed by atoms with Crippen molar-refractivity contribution in [1.82, 2.24) is 0 Å². The van der Waals surface area contributed by atoms with E-state index in [1.165, 1.54) is 19.1 Å². The molecular weight excluding hydrogens is 202 g/mol. The summed E-state index contributed by atoms with van der Waals surface area (Å²) in [6.45, 7) is 1.36. The molecule has 0 aliphatic heterocycles. The van der Waals surface area contributed by atoms with Crippen LogP contribution in [0.1, 0.15) is 17.3 Å². The van der Waals surface area contributed by atoms with Gasteiger partial charge in [0.25, 0.3) is 0 Å². The highest BCUT2D eigenvalue weighted by Crippen LogP contribution is 2.18. The number of hydrogen-bond donors (Lipinski definition) is 3. The molecule has 0 radical (unpaired) electrons. The Kier molecular flexibility index (Phi) is 3.14. The van der Waals surface area contributed by atoms with Crippen LogP contribution in [-0.2, 0) is 4.79 Å². The summed E-state index contributed by atoms with van der Waals surface area (Å²) in [6.07, 6.45) is 0. The first-order chi connectivity index (χ1) is 6.50. The molecule has 0 aliphatic rings. The fraction of sp³-hybridized carbons (Fsp3) is 0.111. The SMILES string of the molecule is CC(=O)Nc1ccc(S)c(C(=O)O)c1. The Balaban J connectivity index is 3.06. The second kappa shape index (κ2) is 4.15. The third kappa shape index (κ3) is 2.50. The van der Waals surface area contributed by atoms with E-state index >= 15 is 0 Å². The van der Waals surface area contributed by atoms with Crippen LogP contribution < -0.4 is 5.32 Å². The number of aromatic carboxylic acids is 1. The number of nitrogens with one attached hydrogen (secondary N) is 1. The molecule has 1 aromatic carbocycles. The van der Waals surface area contributed by atoms with Crippen molar-refractivity contribution in [2.45, 2.75) is 11.8 Å². The number of carboxylic acid groups (broad SMARTS) is 1. The van der Waals surface area contributed by atoms with Crippen LogP contribution >= 0.6 is 12.6 Å². The van der Waals surface area contributed by atoms with Crippen LogP contribution in [0.4, 0.5) is 5.69 Å². The van der Waals surface area contributed by atoms with Crippen LogP contribution in [-0.4, -0.2) is 17.0 Å². The van der Waals surface area contributed by atoms with E-state index in [1.807, 2.05) is 0 Å². The van der Waals surface area contributed by atoms with Crippen molar-refractivity contribution in [3.63, 3.8) is 0 Å². The minimum Gasteiger partial charge on any atom is -0.478 e. The van der Waals surface area contributed by atoms with Gasteiger partial charge in [-0.05, 0) is 18.2 Å². The number of rotatable bonds is 2. The molecule has 0 heterocycles. The van der Waals surface area contributed by atoms with Gasteiger partial charge in [0.2, 0.25) is 5.91 Å². The van der Waals surface area contributed by atoms with E-state index in [1.54, 1.807) is 6.07 Å². The van der Waals surface area contributed by atoms with Crippen LogP contribution in [0.15, 0.2) is 23.1 Å². The van der Waals surface area contributed by atoms with Crippen molar-refractivity contribution in [1.29, 1.82) is 0 Å². The molecule has 0 bridgehead atoms. The predicted molar refractivity (Wildman–Crippen MR) is 55.0 cm³/mol. The van der Waals surface area contributed by atoms with Crippen molar-refractivity contribution in [2.75, 3.05) is 5.32 Å². The van der Waals surface area contributed by atoms with E-state index < -0.39 is 5.97 Å². The Bertz CT molecular complexity index is 390. The second-order valence-corrected chi connectivity index (χ2v) is 3.20. The molecule has 1 rings (SSSR count). The number of carboxylic acids is 1. The molecule has 1 amide bonds. The fourth-order valence-corrected chi connectivity index (χ4v) is 1.22. The Morgan fingerprint density at radius 1 is 1.43 bits per heavy atom. The molecule has 1 aromatic rings. The van der Waals surface area contributed by atoms with Gasteiger partial charge in [0.15, 0.2) is 0 Å². The molecule has 0 unspecified atom stereocenters. The largest absolute Gasteiger partial charge is 0.478 e. The summed E-state index contributed by atoms with van der Waals surface area (Å²) in [6, 6.07) is 4.49. The van der Waals surface area contributed by atoms with Crippen LogP contribution in [0, 0.1) is 0 Å². The zero-order valence-corrected chi connectivity index (χ0v) is 8.34. The lowest BCUT2D eigenvalue weighted by atomic mass is 10.2. The highest BCUT2D eigenvalue weighted by atomic mass is 32.1. The summed E-state index contributed by atoms with van der Waals surface area (Å²) in [5.74, 6) is -1.31. The fourth-order valence-electron chi connectivity index (χ4n) is 0.988. The Morgan fingerprint density at radius 3 is 2.57 bits per heavy atom. The molecular formula is C9H9NO3S. The van der Waals surface area contributed by atoms with Crippen molar-refractivity contribution in [2.24, 2.45) is 0 Å². The quantitative estimate of drug-likeness (QED) is 0.651. The van der Waals surface area contributed by atoms with E-state index in [-0.39, 0.29) is 11.5 Å². The third-order valence-corrected chi connectivity index (χ3v) is 1.94. The van der Waals surface area contributed by atoms with Crippen LogP contribution in [0.2, 0.25) is 0 Å². The minimum atomic E-state index is -1.07. The minimum absolute atomic E-state index is 0.0691. The highest BCUT2D eigenvalue weighted by Gasteiger charge is 2.08. The standard InChI is InChI=1S/C9H9NO3S/c1-5(11)10-6-2-3-8(14)7(4-6)9(12)13/h2-4,14H,1H3,(H,10,11)(H,12,13). The summed E-state index contributed by atoms with van der Waals surface area (Å²) in [5.41, 5.74) is 0.521. The lowest BCUT2D eigenvalue weighted by molar-refractivity contribution is -0.114. The Labute approximate surface area is 86.3 Å². The number of carbonyl (C=O) groups is 2. The molecule has 74 valence electrons. The van der Waals surface area contributed by atoms with Gasteiger partial charge >= 0.3 is 5.97 Å². The zero-order chi connectivity index (χ0) is 10.7. The van der Waals surface area contributed by atoms with Gasteiger partial charge in [-0.3, -0.25) is 4.79 Å². The summed E-state index contributed by atoms with van der Waals surface area (Å²) in [4.78, 5) is 21.8. The monoisotopic (exact) mass is 211 g/mol. The average molecular weight is 211 g/mol. The summed E-state index contributed by atoms with van der Waals surface area (Å²) >= 11 is 3.98. The Hall–Kier alpha value is -1.49. The van der Waals surface area contributed by atoms with Crippen LogP contribution in [0.25, 0.3) is 0 Å². The van der Waals surface area contributed by atoms with E-state index in [4.69, 9.17) is 5.11 Å². The summed E-state index contributed by atoms with van der Waals surface area (Å²) in [7, 11) is 0. The first-order valence-electron chi connectivity index (χ1n) is 3.84. The van der Waals surface area contributed by atoms with Crippen molar-refractivity contribution < 1.29 is 14.7 Å². The topological polar surface area (TPSA) is 66.4 Å². The second-order valence-electron chi connectivity index (χ2n) is 2.72. The van der Waals surface area contributed by atoms with Crippen LogP contribution in [0.5, 0.6) is 0 Å². The molecule has 0 saturated carbocycles. The zero-order valence-electron chi connectivity index (χ0n) is 7.44. The van der Waals surface area contributed by atoms with Crippen molar-refractivity contribution in [3.8, 4) is 0 Å².